The van der Waals surface area contributed by atoms with Gasteiger partial charge in [-0.1, -0.05) is 18.2 Å². The van der Waals surface area contributed by atoms with Crippen molar-refractivity contribution in [2.45, 2.75) is 51.3 Å². The first kappa shape index (κ1) is 26.8. The van der Waals surface area contributed by atoms with E-state index in [1.54, 1.807) is 58.2 Å². The highest BCUT2D eigenvalue weighted by atomic mass is 16.6. The Labute approximate surface area is 211 Å². The molecule has 0 fully saturated rings. The molecule has 2 atom stereocenters. The molecule has 0 unspecified atom stereocenters. The maximum atomic E-state index is 13.8. The Kier molecular flexibility index (Phi) is 8.12. The number of ether oxygens (including phenoxy) is 4. The molecule has 0 aliphatic carbocycles. The molecule has 0 saturated carbocycles. The minimum atomic E-state index is -0.929. The third-order valence-electron chi connectivity index (χ3n) is 5.96. The van der Waals surface area contributed by atoms with Crippen molar-refractivity contribution in [3.05, 3.63) is 53.6 Å². The predicted molar refractivity (Wildman–Crippen MR) is 133 cm³/mol. The second kappa shape index (κ2) is 10.9. The SMILES string of the molecule is COC(=O)[C@H]1Cc2ccc(OC)c(c2)Oc2ccc(cc2)C[C@H](N(C)C(=O)OC(C)(C)C)C(=O)N1C. The summed E-state index contributed by atoms with van der Waals surface area (Å²) in [7, 11) is 5.89. The highest BCUT2D eigenvalue weighted by molar-refractivity contribution is 5.90. The van der Waals surface area contributed by atoms with Crippen LogP contribution >= 0.6 is 0 Å². The predicted octanol–water partition coefficient (Wildman–Crippen LogP) is 3.82. The number of methoxy groups -OCH3 is 2. The standard InChI is InChI=1S/C27H34N2O7/c1-27(2,3)36-26(32)29(5)20-14-17-8-11-19(12-9-17)35-23-16-18(10-13-22(23)33-6)15-21(25(31)34-7)28(4)24(20)30/h8-13,16,20-21H,14-15H2,1-7H3/t20-,21+/m0/s1. The summed E-state index contributed by atoms with van der Waals surface area (Å²) in [6, 6.07) is 10.7. The fraction of sp³-hybridized carbons (Fsp3) is 0.444. The number of carbonyl (C=O) groups excluding carboxylic acids is 3. The van der Waals surface area contributed by atoms with Crippen molar-refractivity contribution >= 4 is 18.0 Å². The molecule has 0 radical (unpaired) electrons. The minimum absolute atomic E-state index is 0.176. The molecular formula is C27H34N2O7. The Morgan fingerprint density at radius 2 is 1.67 bits per heavy atom. The number of esters is 1. The van der Waals surface area contributed by atoms with E-state index in [1.807, 2.05) is 12.1 Å². The molecular weight excluding hydrogens is 464 g/mol. The zero-order valence-corrected chi connectivity index (χ0v) is 21.9. The van der Waals surface area contributed by atoms with Gasteiger partial charge in [-0.05, 0) is 56.2 Å². The number of carbonyl (C=O) groups is 3. The summed E-state index contributed by atoms with van der Waals surface area (Å²) in [6.07, 6.45) is -0.248. The summed E-state index contributed by atoms with van der Waals surface area (Å²) < 4.78 is 22.0. The lowest BCUT2D eigenvalue weighted by molar-refractivity contribution is -0.153. The summed E-state index contributed by atoms with van der Waals surface area (Å²) in [5.41, 5.74) is 0.810. The molecule has 2 amide bonds. The number of hydrogen-bond donors (Lipinski definition) is 0. The zero-order chi connectivity index (χ0) is 26.6. The quantitative estimate of drug-likeness (QED) is 0.594. The lowest BCUT2D eigenvalue weighted by Crippen LogP contribution is -2.55. The van der Waals surface area contributed by atoms with Gasteiger partial charge in [-0.3, -0.25) is 9.69 Å². The Hall–Kier alpha value is -3.75. The van der Waals surface area contributed by atoms with Crippen LogP contribution in [0, 0.1) is 0 Å². The fourth-order valence-corrected chi connectivity index (χ4v) is 3.95. The van der Waals surface area contributed by atoms with E-state index in [0.29, 0.717) is 17.2 Å². The topological polar surface area (TPSA) is 94.6 Å². The number of nitrogens with zero attached hydrogens (tertiary/aromatic N) is 2. The van der Waals surface area contributed by atoms with Crippen LogP contribution in [0.3, 0.4) is 0 Å². The van der Waals surface area contributed by atoms with E-state index in [1.165, 1.54) is 31.0 Å². The van der Waals surface area contributed by atoms with Gasteiger partial charge in [-0.15, -0.1) is 0 Å². The van der Waals surface area contributed by atoms with E-state index >= 15 is 0 Å². The fourth-order valence-electron chi connectivity index (χ4n) is 3.95. The van der Waals surface area contributed by atoms with Gasteiger partial charge < -0.3 is 23.8 Å². The molecule has 9 heteroatoms. The molecule has 36 heavy (non-hydrogen) atoms. The van der Waals surface area contributed by atoms with Crippen molar-refractivity contribution in [1.82, 2.24) is 9.80 Å². The molecule has 0 saturated heterocycles. The smallest absolute Gasteiger partial charge is 0.410 e. The normalized spacial score (nSPS) is 18.1. The van der Waals surface area contributed by atoms with Gasteiger partial charge in [0.1, 0.15) is 23.4 Å². The highest BCUT2D eigenvalue weighted by Gasteiger charge is 2.37. The monoisotopic (exact) mass is 498 g/mol. The van der Waals surface area contributed by atoms with E-state index < -0.39 is 35.7 Å². The zero-order valence-electron chi connectivity index (χ0n) is 21.9. The first-order valence-corrected chi connectivity index (χ1v) is 11.7. The van der Waals surface area contributed by atoms with Crippen molar-refractivity contribution < 1.29 is 33.3 Å². The van der Waals surface area contributed by atoms with Crippen LogP contribution in [0.15, 0.2) is 42.5 Å². The van der Waals surface area contributed by atoms with Gasteiger partial charge in [0.15, 0.2) is 11.5 Å². The van der Waals surface area contributed by atoms with Gasteiger partial charge in [0.2, 0.25) is 5.91 Å². The molecule has 0 N–H and O–H groups in total. The number of fused-ring (bicyclic) bond motifs is 7. The summed E-state index contributed by atoms with van der Waals surface area (Å²) >= 11 is 0. The Bertz CT molecular complexity index is 1110. The molecule has 2 aromatic carbocycles. The lowest BCUT2D eigenvalue weighted by atomic mass is 10.00. The maximum Gasteiger partial charge on any atom is 0.410 e. The Morgan fingerprint density at radius 1 is 1.03 bits per heavy atom. The number of rotatable bonds is 3. The van der Waals surface area contributed by atoms with Gasteiger partial charge >= 0.3 is 12.1 Å². The first-order chi connectivity index (χ1) is 16.9. The summed E-state index contributed by atoms with van der Waals surface area (Å²) in [5.74, 6) is 0.618. The third kappa shape index (κ3) is 6.27. The van der Waals surface area contributed by atoms with E-state index in [0.717, 1.165) is 11.1 Å². The third-order valence-corrected chi connectivity index (χ3v) is 5.96. The van der Waals surface area contributed by atoms with Crippen LogP contribution in [-0.4, -0.2) is 73.8 Å². The van der Waals surface area contributed by atoms with Crippen LogP contribution in [-0.2, 0) is 31.9 Å². The van der Waals surface area contributed by atoms with Gasteiger partial charge in [0.25, 0.3) is 0 Å². The average molecular weight is 499 g/mol. The molecule has 9 nitrogen and oxygen atoms in total. The molecule has 2 heterocycles. The van der Waals surface area contributed by atoms with E-state index in [-0.39, 0.29) is 12.8 Å². The second-order valence-electron chi connectivity index (χ2n) is 9.73. The van der Waals surface area contributed by atoms with Crippen molar-refractivity contribution in [2.75, 3.05) is 28.3 Å². The van der Waals surface area contributed by atoms with E-state index in [9.17, 15) is 14.4 Å². The van der Waals surface area contributed by atoms with Crippen molar-refractivity contribution in [3.8, 4) is 17.2 Å². The first-order valence-electron chi connectivity index (χ1n) is 11.7. The largest absolute Gasteiger partial charge is 0.493 e. The molecule has 2 aromatic rings. The van der Waals surface area contributed by atoms with Crippen LogP contribution < -0.4 is 9.47 Å². The molecule has 4 bridgehead atoms. The van der Waals surface area contributed by atoms with Gasteiger partial charge in [-0.2, -0.15) is 0 Å². The van der Waals surface area contributed by atoms with Gasteiger partial charge in [0, 0.05) is 26.9 Å². The van der Waals surface area contributed by atoms with Crippen molar-refractivity contribution in [2.24, 2.45) is 0 Å². The molecule has 194 valence electrons. The molecule has 0 spiro atoms. The van der Waals surface area contributed by atoms with Crippen molar-refractivity contribution in [1.29, 1.82) is 0 Å². The van der Waals surface area contributed by atoms with Crippen molar-refractivity contribution in [3.63, 3.8) is 0 Å². The Morgan fingerprint density at radius 3 is 2.25 bits per heavy atom. The average Bonchev–Trinajstić information content (AvgIpc) is 2.83. The van der Waals surface area contributed by atoms with E-state index in [4.69, 9.17) is 18.9 Å². The van der Waals surface area contributed by atoms with E-state index in [2.05, 4.69) is 0 Å². The van der Waals surface area contributed by atoms with Crippen LogP contribution in [0.2, 0.25) is 0 Å². The second-order valence-corrected chi connectivity index (χ2v) is 9.73. The van der Waals surface area contributed by atoms with Crippen LogP contribution in [0.5, 0.6) is 17.2 Å². The summed E-state index contributed by atoms with van der Waals surface area (Å²) in [6.45, 7) is 5.28. The minimum Gasteiger partial charge on any atom is -0.493 e. The van der Waals surface area contributed by atoms with Crippen LogP contribution in [0.4, 0.5) is 4.79 Å². The summed E-state index contributed by atoms with van der Waals surface area (Å²) in [5, 5.41) is 0. The van der Waals surface area contributed by atoms with Crippen LogP contribution in [0.1, 0.15) is 31.9 Å². The highest BCUT2D eigenvalue weighted by Crippen LogP contribution is 2.33. The number of likely N-dealkylation sites (N-methyl/N-ethyl adjacent to an activating group) is 2. The molecule has 0 aromatic heterocycles. The molecule has 4 rings (SSSR count). The Balaban J connectivity index is 2.09. The van der Waals surface area contributed by atoms with Crippen LogP contribution in [0.25, 0.3) is 0 Å². The lowest BCUT2D eigenvalue weighted by Gasteiger charge is -2.35. The molecule has 2 aliphatic rings. The van der Waals surface area contributed by atoms with Gasteiger partial charge in [0.05, 0.1) is 14.2 Å². The van der Waals surface area contributed by atoms with Gasteiger partial charge in [-0.25, -0.2) is 9.59 Å². The number of hydrogen-bond acceptors (Lipinski definition) is 7. The number of benzene rings is 2. The maximum absolute atomic E-state index is 13.8. The number of amides is 2. The summed E-state index contributed by atoms with van der Waals surface area (Å²) in [4.78, 5) is 42.1. The molecule has 2 aliphatic heterocycles.